The quantitative estimate of drug-likeness (QED) is 0.225. The van der Waals surface area contributed by atoms with Crippen LogP contribution in [0.5, 0.6) is 0 Å². The van der Waals surface area contributed by atoms with Gasteiger partial charge in [-0.05, 0) is 29.6 Å². The van der Waals surface area contributed by atoms with Gasteiger partial charge in [0, 0.05) is 16.4 Å². The van der Waals surface area contributed by atoms with Gasteiger partial charge in [-0.1, -0.05) is 41.8 Å². The summed E-state index contributed by atoms with van der Waals surface area (Å²) in [7, 11) is 0. The molecule has 1 fully saturated rings. The Labute approximate surface area is 161 Å². The van der Waals surface area contributed by atoms with E-state index in [0.29, 0.717) is 12.2 Å². The second-order valence-corrected chi connectivity index (χ2v) is 6.10. The van der Waals surface area contributed by atoms with E-state index in [-0.39, 0.29) is 6.54 Å². The van der Waals surface area contributed by atoms with E-state index in [2.05, 4.69) is 20.1 Å². The Morgan fingerprint density at radius 2 is 2.00 bits per heavy atom. The molecular weight excluding hydrogens is 368 g/mol. The van der Waals surface area contributed by atoms with Crippen LogP contribution in [-0.4, -0.2) is 54.9 Å². The minimum Gasteiger partial charge on any atom is -0.455 e. The molecule has 0 amide bonds. The van der Waals surface area contributed by atoms with E-state index in [0.717, 1.165) is 12.8 Å². The highest BCUT2D eigenvalue weighted by Gasteiger charge is 2.48. The summed E-state index contributed by atoms with van der Waals surface area (Å²) < 4.78 is 16.8. The van der Waals surface area contributed by atoms with Crippen molar-refractivity contribution < 1.29 is 24.1 Å². The molecule has 28 heavy (non-hydrogen) atoms. The van der Waals surface area contributed by atoms with Crippen molar-refractivity contribution in [1.29, 1.82) is 0 Å². The first-order valence-electron chi connectivity index (χ1n) is 8.88. The fraction of sp³-hybridized carbons (Fsp3) is 0.588. The number of carbonyl (C=O) groups is 1. The zero-order chi connectivity index (χ0) is 20.4. The van der Waals surface area contributed by atoms with Crippen LogP contribution in [0.4, 0.5) is 0 Å². The monoisotopic (exact) mass is 390 g/mol. The van der Waals surface area contributed by atoms with Gasteiger partial charge in [0.15, 0.2) is 6.29 Å². The Bertz CT molecular complexity index is 735. The highest BCUT2D eigenvalue weighted by atomic mass is 16.6. The van der Waals surface area contributed by atoms with Crippen LogP contribution in [0.1, 0.15) is 30.1 Å². The number of aliphatic hydroxyl groups excluding tert-OH is 1. The molecule has 0 saturated carbocycles. The predicted molar refractivity (Wildman–Crippen MR) is 98.1 cm³/mol. The van der Waals surface area contributed by atoms with Crippen LogP contribution in [0.2, 0.25) is 0 Å². The third-order valence-electron chi connectivity index (χ3n) is 4.20. The summed E-state index contributed by atoms with van der Waals surface area (Å²) in [6.45, 7) is 2.17. The third kappa shape index (κ3) is 5.59. The molecule has 0 radical (unpaired) electrons. The van der Waals surface area contributed by atoms with Gasteiger partial charge in [-0.25, -0.2) is 4.79 Å². The summed E-state index contributed by atoms with van der Waals surface area (Å²) in [5.41, 5.74) is 17.8. The Morgan fingerprint density at radius 3 is 2.64 bits per heavy atom. The number of esters is 1. The Hall–Kier alpha value is -2.81. The number of nitrogens with zero attached hydrogens (tertiary/aromatic N) is 6. The summed E-state index contributed by atoms with van der Waals surface area (Å²) >= 11 is 0. The van der Waals surface area contributed by atoms with Crippen LogP contribution in [0, 0.1) is 0 Å². The van der Waals surface area contributed by atoms with Gasteiger partial charge in [-0.2, -0.15) is 0 Å². The average Bonchev–Trinajstić information content (AvgIpc) is 2.71. The largest absolute Gasteiger partial charge is 0.455 e. The van der Waals surface area contributed by atoms with Gasteiger partial charge in [0.2, 0.25) is 0 Å². The van der Waals surface area contributed by atoms with Crippen molar-refractivity contribution in [1.82, 2.24) is 0 Å². The van der Waals surface area contributed by atoms with E-state index >= 15 is 0 Å². The van der Waals surface area contributed by atoms with Gasteiger partial charge in [0.05, 0.1) is 18.2 Å². The topological polar surface area (TPSA) is 163 Å². The second kappa shape index (κ2) is 11.1. The smallest absolute Gasteiger partial charge is 0.338 e. The van der Waals surface area contributed by atoms with Crippen LogP contribution in [0.25, 0.3) is 20.9 Å². The lowest BCUT2D eigenvalue weighted by Crippen LogP contribution is -2.60. The molecule has 2 unspecified atom stereocenters. The van der Waals surface area contributed by atoms with E-state index in [4.69, 9.17) is 25.3 Å². The molecule has 150 valence electrons. The molecule has 1 aromatic rings. The number of rotatable bonds is 9. The number of aliphatic hydroxyl groups is 1. The molecule has 0 spiro atoms. The molecule has 0 bridgehead atoms. The van der Waals surface area contributed by atoms with E-state index in [1.54, 1.807) is 30.3 Å². The van der Waals surface area contributed by atoms with Crippen molar-refractivity contribution in [3.05, 3.63) is 56.8 Å². The van der Waals surface area contributed by atoms with E-state index in [1.165, 1.54) is 0 Å². The van der Waals surface area contributed by atoms with Crippen LogP contribution < -0.4 is 0 Å². The number of hydrogen-bond donors (Lipinski definition) is 1. The highest BCUT2D eigenvalue weighted by molar-refractivity contribution is 5.89. The summed E-state index contributed by atoms with van der Waals surface area (Å²) in [5.74, 6) is -0.663. The SMILES string of the molecule is CCCCO[C@H]1C(CN=[N+]=[N-])O[C@H](O)[C@@H](N=[N+]=[N-])C1OC(=O)c1ccccc1. The molecule has 11 nitrogen and oxygen atoms in total. The normalized spacial score (nSPS) is 26.6. The van der Waals surface area contributed by atoms with Crippen LogP contribution in [-0.2, 0) is 14.2 Å². The second-order valence-electron chi connectivity index (χ2n) is 6.10. The van der Waals surface area contributed by atoms with Gasteiger partial charge in [0.25, 0.3) is 0 Å². The first kappa shape index (κ1) is 21.5. The molecule has 5 atom stereocenters. The number of carbonyl (C=O) groups excluding carboxylic acids is 1. The van der Waals surface area contributed by atoms with E-state index < -0.39 is 36.6 Å². The van der Waals surface area contributed by atoms with Crippen molar-refractivity contribution in [3.63, 3.8) is 0 Å². The standard InChI is InChI=1S/C17H22N6O5/c1-2-3-9-26-14-12(10-20-22-18)27-17(25)13(21-23-19)15(14)28-16(24)11-7-5-4-6-8-11/h4-8,12-15,17,25H,2-3,9-10H2,1H3/t12?,13-,14-,15?,17-/m0/s1. The maximum absolute atomic E-state index is 12.5. The van der Waals surface area contributed by atoms with Crippen molar-refractivity contribution >= 4 is 5.97 Å². The zero-order valence-corrected chi connectivity index (χ0v) is 15.4. The molecule has 2 rings (SSSR count). The molecular formula is C17H22N6O5. The van der Waals surface area contributed by atoms with Crippen LogP contribution in [0.3, 0.4) is 0 Å². The van der Waals surface area contributed by atoms with Crippen molar-refractivity contribution in [2.45, 2.75) is 50.4 Å². The lowest BCUT2D eigenvalue weighted by Gasteiger charge is -2.42. The summed E-state index contributed by atoms with van der Waals surface area (Å²) in [4.78, 5) is 18.0. The number of hydrogen-bond acceptors (Lipinski definition) is 7. The molecule has 1 heterocycles. The zero-order valence-electron chi connectivity index (χ0n) is 15.4. The predicted octanol–water partition coefficient (Wildman–Crippen LogP) is 3.10. The molecule has 1 aromatic carbocycles. The van der Waals surface area contributed by atoms with Gasteiger partial charge in [-0.3, -0.25) is 0 Å². The number of unbranched alkanes of at least 4 members (excludes halogenated alkanes) is 1. The molecule has 11 heteroatoms. The molecule has 1 saturated heterocycles. The first-order chi connectivity index (χ1) is 13.6. The summed E-state index contributed by atoms with van der Waals surface area (Å²) in [6, 6.07) is 7.05. The number of benzene rings is 1. The molecule has 1 N–H and O–H groups in total. The van der Waals surface area contributed by atoms with Gasteiger partial charge in [0.1, 0.15) is 18.2 Å². The summed E-state index contributed by atoms with van der Waals surface area (Å²) in [5, 5.41) is 17.2. The van der Waals surface area contributed by atoms with Gasteiger partial charge < -0.3 is 19.3 Å². The molecule has 1 aliphatic rings. The number of ether oxygens (including phenoxy) is 3. The lowest BCUT2D eigenvalue weighted by atomic mass is 9.96. The van der Waals surface area contributed by atoms with Crippen LogP contribution >= 0.6 is 0 Å². The van der Waals surface area contributed by atoms with Gasteiger partial charge in [-0.15, -0.1) is 0 Å². The third-order valence-corrected chi connectivity index (χ3v) is 4.20. The fourth-order valence-corrected chi connectivity index (χ4v) is 2.82. The van der Waals surface area contributed by atoms with Crippen molar-refractivity contribution in [2.24, 2.45) is 10.2 Å². The molecule has 0 aliphatic carbocycles. The molecule has 1 aliphatic heterocycles. The minimum absolute atomic E-state index is 0.146. The maximum atomic E-state index is 12.5. The first-order valence-corrected chi connectivity index (χ1v) is 8.88. The van der Waals surface area contributed by atoms with Crippen LogP contribution in [0.15, 0.2) is 40.6 Å². The minimum atomic E-state index is -1.55. The van der Waals surface area contributed by atoms with Crippen molar-refractivity contribution in [2.75, 3.05) is 13.2 Å². The van der Waals surface area contributed by atoms with Gasteiger partial charge >= 0.3 is 5.97 Å². The Kier molecular flexibility index (Phi) is 8.54. The lowest BCUT2D eigenvalue weighted by molar-refractivity contribution is -0.248. The fourth-order valence-electron chi connectivity index (χ4n) is 2.82. The maximum Gasteiger partial charge on any atom is 0.338 e. The van der Waals surface area contributed by atoms with E-state index in [9.17, 15) is 9.90 Å². The van der Waals surface area contributed by atoms with Crippen molar-refractivity contribution in [3.8, 4) is 0 Å². The highest BCUT2D eigenvalue weighted by Crippen LogP contribution is 2.28. The molecule has 0 aromatic heterocycles. The average molecular weight is 390 g/mol. The van der Waals surface area contributed by atoms with E-state index in [1.807, 2.05) is 6.92 Å². The summed E-state index contributed by atoms with van der Waals surface area (Å²) in [6.07, 6.45) is -2.83. The number of azide groups is 2. The Morgan fingerprint density at radius 1 is 1.25 bits per heavy atom. The Balaban J connectivity index is 2.31.